The molecule has 5 nitrogen and oxygen atoms in total. The first-order valence-electron chi connectivity index (χ1n) is 9.25. The maximum atomic E-state index is 6.12. The smallest absolute Gasteiger partial charge is 0.191 e. The second-order valence-electron chi connectivity index (χ2n) is 6.94. The Morgan fingerprint density at radius 2 is 2.04 bits per heavy atom. The van der Waals surface area contributed by atoms with E-state index in [1.54, 1.807) is 7.05 Å². The number of piperidine rings is 1. The van der Waals surface area contributed by atoms with Gasteiger partial charge in [0, 0.05) is 37.8 Å². The number of nitrogens with one attached hydrogen (secondary N) is 2. The van der Waals surface area contributed by atoms with E-state index >= 15 is 0 Å². The van der Waals surface area contributed by atoms with Crippen LogP contribution >= 0.6 is 58.5 Å². The molecule has 0 saturated carbocycles. The predicted molar refractivity (Wildman–Crippen MR) is 131 cm³/mol. The number of aromatic nitrogens is 1. The van der Waals surface area contributed by atoms with Gasteiger partial charge in [-0.2, -0.15) is 0 Å². The molecule has 2 aromatic heterocycles. The summed E-state index contributed by atoms with van der Waals surface area (Å²) in [6, 6.07) is 6.24. The maximum absolute atomic E-state index is 6.12. The van der Waals surface area contributed by atoms with Gasteiger partial charge in [0.15, 0.2) is 5.96 Å². The summed E-state index contributed by atoms with van der Waals surface area (Å²) in [5.74, 6) is 1.49. The molecule has 1 aliphatic heterocycles. The van der Waals surface area contributed by atoms with Crippen molar-refractivity contribution in [3.63, 3.8) is 0 Å². The average molecular weight is 556 g/mol. The number of nitrogens with zero attached hydrogens (tertiary/aromatic N) is 3. The topological polar surface area (TPSA) is 44.6 Å². The zero-order valence-corrected chi connectivity index (χ0v) is 20.9. The van der Waals surface area contributed by atoms with Crippen LogP contribution in [0.1, 0.15) is 23.4 Å². The van der Waals surface area contributed by atoms with Crippen LogP contribution in [0.15, 0.2) is 28.6 Å². The van der Waals surface area contributed by atoms with Crippen LogP contribution in [-0.2, 0) is 20.1 Å². The summed E-state index contributed by atoms with van der Waals surface area (Å²) in [6.45, 7) is 4.99. The van der Waals surface area contributed by atoms with E-state index in [-0.39, 0.29) is 24.0 Å². The van der Waals surface area contributed by atoms with E-state index in [1.165, 1.54) is 17.7 Å². The number of likely N-dealkylation sites (tertiary alicyclic amines) is 1. The Kier molecular flexibility index (Phi) is 9.89. The molecule has 0 aliphatic carbocycles. The molecule has 0 aromatic carbocycles. The molecule has 0 amide bonds. The van der Waals surface area contributed by atoms with E-state index in [0.717, 1.165) is 37.8 Å². The van der Waals surface area contributed by atoms with E-state index in [1.807, 2.05) is 29.0 Å². The van der Waals surface area contributed by atoms with Gasteiger partial charge in [-0.3, -0.25) is 9.89 Å². The van der Waals surface area contributed by atoms with Gasteiger partial charge in [-0.1, -0.05) is 29.3 Å². The molecule has 3 heterocycles. The van der Waals surface area contributed by atoms with Crippen molar-refractivity contribution in [1.29, 1.82) is 0 Å². The van der Waals surface area contributed by atoms with E-state index in [2.05, 4.69) is 38.0 Å². The molecule has 28 heavy (non-hydrogen) atoms. The Morgan fingerprint density at radius 3 is 2.61 bits per heavy atom. The van der Waals surface area contributed by atoms with Gasteiger partial charge in [0.2, 0.25) is 0 Å². The second kappa shape index (κ2) is 11.6. The van der Waals surface area contributed by atoms with Crippen LogP contribution in [0.5, 0.6) is 0 Å². The van der Waals surface area contributed by atoms with Gasteiger partial charge in [-0.25, -0.2) is 0 Å². The van der Waals surface area contributed by atoms with Crippen molar-refractivity contribution in [1.82, 2.24) is 20.1 Å². The standard InChI is InChI=1S/C19H27Cl2N5S.HI/c1-22-19(24-12-15-10-17(20)18(21)25(15)2)23-11-14-5-7-26(8-6-14)13-16-4-3-9-27-16;/h3-4,9-10,14H,5-8,11-13H2,1-2H3,(H2,22,23,24);1H. The highest BCUT2D eigenvalue weighted by atomic mass is 127. The highest BCUT2D eigenvalue weighted by Gasteiger charge is 2.19. The Morgan fingerprint density at radius 1 is 1.29 bits per heavy atom. The van der Waals surface area contributed by atoms with Gasteiger partial charge in [-0.15, -0.1) is 35.3 Å². The van der Waals surface area contributed by atoms with Crippen LogP contribution in [0.2, 0.25) is 10.2 Å². The molecule has 1 aliphatic rings. The predicted octanol–water partition coefficient (Wildman–Crippen LogP) is 4.59. The lowest BCUT2D eigenvalue weighted by molar-refractivity contribution is 0.179. The van der Waals surface area contributed by atoms with Crippen molar-refractivity contribution in [2.45, 2.75) is 25.9 Å². The molecule has 3 rings (SSSR count). The molecule has 2 aromatic rings. The van der Waals surface area contributed by atoms with Crippen LogP contribution in [0.4, 0.5) is 0 Å². The summed E-state index contributed by atoms with van der Waals surface area (Å²) in [6.07, 6.45) is 2.44. The highest BCUT2D eigenvalue weighted by molar-refractivity contribution is 14.0. The molecular weight excluding hydrogens is 528 g/mol. The van der Waals surface area contributed by atoms with Crippen LogP contribution in [0.3, 0.4) is 0 Å². The van der Waals surface area contributed by atoms with Crippen LogP contribution in [-0.4, -0.2) is 42.1 Å². The van der Waals surface area contributed by atoms with Crippen molar-refractivity contribution in [3.05, 3.63) is 44.3 Å². The lowest BCUT2D eigenvalue weighted by Gasteiger charge is -2.32. The van der Waals surface area contributed by atoms with Gasteiger partial charge in [-0.05, 0) is 49.4 Å². The van der Waals surface area contributed by atoms with Crippen LogP contribution < -0.4 is 10.6 Å². The maximum Gasteiger partial charge on any atom is 0.191 e. The number of hydrogen-bond donors (Lipinski definition) is 2. The van der Waals surface area contributed by atoms with Crippen molar-refractivity contribution >= 4 is 64.5 Å². The highest BCUT2D eigenvalue weighted by Crippen LogP contribution is 2.25. The summed E-state index contributed by atoms with van der Waals surface area (Å²) in [5, 5.41) is 10.1. The molecule has 156 valence electrons. The number of hydrogen-bond acceptors (Lipinski definition) is 3. The Hall–Kier alpha value is -0.480. The lowest BCUT2D eigenvalue weighted by Crippen LogP contribution is -2.42. The molecular formula is C19H28Cl2IN5S. The summed E-state index contributed by atoms with van der Waals surface area (Å²) in [7, 11) is 3.70. The molecule has 0 spiro atoms. The van der Waals surface area contributed by atoms with E-state index in [9.17, 15) is 0 Å². The number of rotatable bonds is 6. The first-order valence-corrected chi connectivity index (χ1v) is 10.9. The number of guanidine groups is 1. The van der Waals surface area contributed by atoms with Gasteiger partial charge < -0.3 is 15.2 Å². The van der Waals surface area contributed by atoms with Crippen molar-refractivity contribution in [2.24, 2.45) is 18.0 Å². The first kappa shape index (κ1) is 23.8. The zero-order chi connectivity index (χ0) is 19.2. The minimum absolute atomic E-state index is 0. The quantitative estimate of drug-likeness (QED) is 0.311. The molecule has 0 bridgehead atoms. The normalized spacial score (nSPS) is 16.1. The molecule has 1 saturated heterocycles. The van der Waals surface area contributed by atoms with E-state index in [4.69, 9.17) is 23.2 Å². The molecule has 9 heteroatoms. The Bertz CT molecular complexity index is 755. The monoisotopic (exact) mass is 555 g/mol. The minimum Gasteiger partial charge on any atom is -0.356 e. The number of thiophene rings is 1. The minimum atomic E-state index is 0. The SMILES string of the molecule is CN=C(NCc1cc(Cl)c(Cl)n1C)NCC1CCN(Cc2cccs2)CC1.I. The third-order valence-electron chi connectivity index (χ3n) is 5.10. The summed E-state index contributed by atoms with van der Waals surface area (Å²) in [4.78, 5) is 8.33. The fourth-order valence-corrected chi connectivity index (χ4v) is 4.53. The van der Waals surface area contributed by atoms with Crippen molar-refractivity contribution < 1.29 is 0 Å². The number of halogens is 3. The largest absolute Gasteiger partial charge is 0.356 e. The van der Waals surface area contributed by atoms with Crippen molar-refractivity contribution in [2.75, 3.05) is 26.7 Å². The van der Waals surface area contributed by atoms with Crippen molar-refractivity contribution in [3.8, 4) is 0 Å². The summed E-state index contributed by atoms with van der Waals surface area (Å²) in [5.41, 5.74) is 1.02. The Balaban J connectivity index is 0.00000280. The fraction of sp³-hybridized carbons (Fsp3) is 0.526. The second-order valence-corrected chi connectivity index (χ2v) is 8.74. The van der Waals surface area contributed by atoms with Gasteiger partial charge in [0.05, 0.1) is 11.6 Å². The fourth-order valence-electron chi connectivity index (χ4n) is 3.37. The van der Waals surface area contributed by atoms with E-state index < -0.39 is 0 Å². The van der Waals surface area contributed by atoms with Crippen LogP contribution in [0, 0.1) is 5.92 Å². The van der Waals surface area contributed by atoms with Gasteiger partial charge in [0.25, 0.3) is 0 Å². The lowest BCUT2D eigenvalue weighted by atomic mass is 9.97. The van der Waals surface area contributed by atoms with Gasteiger partial charge >= 0.3 is 0 Å². The molecule has 1 fully saturated rings. The Labute approximate surface area is 198 Å². The van der Waals surface area contributed by atoms with E-state index in [0.29, 0.717) is 22.6 Å². The molecule has 0 atom stereocenters. The average Bonchev–Trinajstić information content (AvgIpc) is 3.27. The zero-order valence-electron chi connectivity index (χ0n) is 16.3. The third kappa shape index (κ3) is 6.52. The number of aliphatic imine (C=N–C) groups is 1. The molecule has 0 unspecified atom stereocenters. The summed E-state index contributed by atoms with van der Waals surface area (Å²) < 4.78 is 1.88. The summed E-state index contributed by atoms with van der Waals surface area (Å²) >= 11 is 14.0. The molecule has 0 radical (unpaired) electrons. The molecule has 2 N–H and O–H groups in total. The van der Waals surface area contributed by atoms with Gasteiger partial charge in [0.1, 0.15) is 5.15 Å². The van der Waals surface area contributed by atoms with Crippen LogP contribution in [0.25, 0.3) is 0 Å². The first-order chi connectivity index (χ1) is 13.1. The third-order valence-corrected chi connectivity index (χ3v) is 6.80.